The number of hydrogen-bond donors (Lipinski definition) is 1. The minimum atomic E-state index is -0.329. The zero-order valence-corrected chi connectivity index (χ0v) is 15.5. The first-order valence-corrected chi connectivity index (χ1v) is 8.82. The van der Waals surface area contributed by atoms with E-state index >= 15 is 0 Å². The molecule has 2 aromatic carbocycles. The van der Waals surface area contributed by atoms with E-state index in [-0.39, 0.29) is 24.2 Å². The Bertz CT molecular complexity index is 759. The molecule has 0 aromatic heterocycles. The third-order valence-corrected chi connectivity index (χ3v) is 4.79. The summed E-state index contributed by atoms with van der Waals surface area (Å²) < 4.78 is 6.13. The van der Waals surface area contributed by atoms with Crippen LogP contribution in [0.25, 0.3) is 0 Å². The number of carbonyl (C=O) groups excluding carboxylic acids is 2. The van der Waals surface area contributed by atoms with Gasteiger partial charge in [-0.3, -0.25) is 9.59 Å². The van der Waals surface area contributed by atoms with Crippen LogP contribution in [0.15, 0.2) is 53.0 Å². The maximum absolute atomic E-state index is 12.4. The molecule has 1 aliphatic rings. The normalized spacial score (nSPS) is 16.8. The number of carbonyl (C=O) groups is 2. The predicted molar refractivity (Wildman–Crippen MR) is 99.4 cm³/mol. The van der Waals surface area contributed by atoms with Crippen LogP contribution < -0.4 is 15.0 Å². The Morgan fingerprint density at radius 2 is 1.88 bits per heavy atom. The Morgan fingerprint density at radius 3 is 2.52 bits per heavy atom. The van der Waals surface area contributed by atoms with Crippen molar-refractivity contribution in [3.8, 4) is 5.75 Å². The molecule has 6 heteroatoms. The van der Waals surface area contributed by atoms with Crippen LogP contribution in [0, 0.1) is 5.92 Å². The summed E-state index contributed by atoms with van der Waals surface area (Å²) in [4.78, 5) is 26.3. The van der Waals surface area contributed by atoms with Crippen molar-refractivity contribution in [2.45, 2.75) is 13.0 Å². The van der Waals surface area contributed by atoms with Gasteiger partial charge in [0.25, 0.3) is 0 Å². The number of nitrogens with one attached hydrogen (secondary N) is 1. The molecule has 2 amide bonds. The van der Waals surface area contributed by atoms with Crippen LogP contribution in [0.4, 0.5) is 5.69 Å². The maximum Gasteiger partial charge on any atom is 0.227 e. The van der Waals surface area contributed by atoms with Crippen molar-refractivity contribution in [2.75, 3.05) is 18.6 Å². The van der Waals surface area contributed by atoms with Gasteiger partial charge in [-0.05, 0) is 42.0 Å². The summed E-state index contributed by atoms with van der Waals surface area (Å²) in [7, 11) is 1.60. The van der Waals surface area contributed by atoms with Crippen LogP contribution in [0.2, 0.25) is 0 Å². The molecular formula is C19H19BrN2O3. The summed E-state index contributed by atoms with van der Waals surface area (Å²) in [6, 6.07) is 15.1. The number of anilines is 1. The number of amides is 2. The number of ether oxygens (including phenoxy) is 1. The highest BCUT2D eigenvalue weighted by atomic mass is 79.9. The number of benzene rings is 2. The molecule has 5 nitrogen and oxygen atoms in total. The highest BCUT2D eigenvalue weighted by molar-refractivity contribution is 9.10. The largest absolute Gasteiger partial charge is 0.497 e. The summed E-state index contributed by atoms with van der Waals surface area (Å²) in [6.07, 6.45) is 0.234. The maximum atomic E-state index is 12.4. The van der Waals surface area contributed by atoms with E-state index < -0.39 is 0 Å². The van der Waals surface area contributed by atoms with Gasteiger partial charge >= 0.3 is 0 Å². The molecule has 1 aliphatic heterocycles. The van der Waals surface area contributed by atoms with E-state index in [4.69, 9.17) is 4.74 Å². The van der Waals surface area contributed by atoms with Crippen molar-refractivity contribution in [3.63, 3.8) is 0 Å². The first-order chi connectivity index (χ1) is 12.1. The molecule has 0 unspecified atom stereocenters. The second-order valence-electron chi connectivity index (χ2n) is 5.95. The summed E-state index contributed by atoms with van der Waals surface area (Å²) in [5.41, 5.74) is 1.81. The molecule has 25 heavy (non-hydrogen) atoms. The lowest BCUT2D eigenvalue weighted by molar-refractivity contribution is -0.126. The van der Waals surface area contributed by atoms with Crippen molar-refractivity contribution in [1.29, 1.82) is 0 Å². The molecule has 1 N–H and O–H groups in total. The SMILES string of the molecule is COc1ccc(N2C[C@@H](C(=O)NCc3ccc(Br)cc3)CC2=O)cc1. The molecule has 1 fully saturated rings. The fourth-order valence-electron chi connectivity index (χ4n) is 2.83. The van der Waals surface area contributed by atoms with E-state index in [0.717, 1.165) is 21.5 Å². The van der Waals surface area contributed by atoms with Gasteiger partial charge in [0.05, 0.1) is 13.0 Å². The van der Waals surface area contributed by atoms with E-state index in [1.807, 2.05) is 48.5 Å². The first-order valence-electron chi connectivity index (χ1n) is 8.03. The van der Waals surface area contributed by atoms with E-state index in [9.17, 15) is 9.59 Å². The molecule has 0 spiro atoms. The molecule has 0 bridgehead atoms. The zero-order chi connectivity index (χ0) is 17.8. The minimum Gasteiger partial charge on any atom is -0.497 e. The number of halogens is 1. The number of methoxy groups -OCH3 is 1. The van der Waals surface area contributed by atoms with Crippen LogP contribution in [0.3, 0.4) is 0 Å². The number of nitrogens with zero attached hydrogens (tertiary/aromatic N) is 1. The second-order valence-corrected chi connectivity index (χ2v) is 6.86. The van der Waals surface area contributed by atoms with Crippen molar-refractivity contribution in [3.05, 3.63) is 58.6 Å². The van der Waals surface area contributed by atoms with Gasteiger partial charge in [0, 0.05) is 29.7 Å². The fraction of sp³-hybridized carbons (Fsp3) is 0.263. The monoisotopic (exact) mass is 402 g/mol. The third kappa shape index (κ3) is 4.20. The highest BCUT2D eigenvalue weighted by Crippen LogP contribution is 2.27. The molecule has 1 heterocycles. The van der Waals surface area contributed by atoms with E-state index in [1.165, 1.54) is 0 Å². The molecule has 2 aromatic rings. The van der Waals surface area contributed by atoms with E-state index in [2.05, 4.69) is 21.2 Å². The highest BCUT2D eigenvalue weighted by Gasteiger charge is 2.34. The number of hydrogen-bond acceptors (Lipinski definition) is 3. The summed E-state index contributed by atoms with van der Waals surface area (Å²) in [6.45, 7) is 0.858. The first kappa shape index (κ1) is 17.5. The number of rotatable bonds is 5. The molecule has 0 radical (unpaired) electrons. The Hall–Kier alpha value is -2.34. The summed E-state index contributed by atoms with van der Waals surface area (Å²) in [5.74, 6) is 0.283. The van der Waals surface area contributed by atoms with Gasteiger partial charge in [-0.25, -0.2) is 0 Å². The minimum absolute atomic E-state index is 0.0334. The zero-order valence-electron chi connectivity index (χ0n) is 13.9. The second kappa shape index (κ2) is 7.70. The molecular weight excluding hydrogens is 384 g/mol. The summed E-state index contributed by atoms with van der Waals surface area (Å²) in [5, 5.41) is 2.92. The Morgan fingerprint density at radius 1 is 1.20 bits per heavy atom. The van der Waals surface area contributed by atoms with Gasteiger partial charge in [0.15, 0.2) is 0 Å². The van der Waals surface area contributed by atoms with E-state index in [0.29, 0.717) is 13.1 Å². The fourth-order valence-corrected chi connectivity index (χ4v) is 3.10. The van der Waals surface area contributed by atoms with Gasteiger partial charge in [-0.1, -0.05) is 28.1 Å². The lowest BCUT2D eigenvalue weighted by Gasteiger charge is -2.17. The molecule has 130 valence electrons. The lowest BCUT2D eigenvalue weighted by atomic mass is 10.1. The van der Waals surface area contributed by atoms with Crippen LogP contribution in [0.1, 0.15) is 12.0 Å². The topological polar surface area (TPSA) is 58.6 Å². The molecule has 0 saturated carbocycles. The van der Waals surface area contributed by atoms with Crippen molar-refractivity contribution < 1.29 is 14.3 Å². The van der Waals surface area contributed by atoms with Gasteiger partial charge < -0.3 is 15.0 Å². The summed E-state index contributed by atoms with van der Waals surface area (Å²) >= 11 is 3.39. The van der Waals surface area contributed by atoms with Crippen LogP contribution in [-0.2, 0) is 16.1 Å². The Kier molecular flexibility index (Phi) is 5.38. The standard InChI is InChI=1S/C19H19BrN2O3/c1-25-17-8-6-16(7-9-17)22-12-14(10-18(22)23)19(24)21-11-13-2-4-15(20)5-3-13/h2-9,14H,10-12H2,1H3,(H,21,24)/t14-/m0/s1. The van der Waals surface area contributed by atoms with Crippen molar-refractivity contribution in [2.24, 2.45) is 5.92 Å². The van der Waals surface area contributed by atoms with Crippen molar-refractivity contribution >= 4 is 33.4 Å². The Labute approximate surface area is 155 Å². The van der Waals surface area contributed by atoms with Gasteiger partial charge in [0.2, 0.25) is 11.8 Å². The van der Waals surface area contributed by atoms with Crippen LogP contribution >= 0.6 is 15.9 Å². The van der Waals surface area contributed by atoms with Crippen molar-refractivity contribution in [1.82, 2.24) is 5.32 Å². The van der Waals surface area contributed by atoms with Crippen LogP contribution in [-0.4, -0.2) is 25.5 Å². The predicted octanol–water partition coefficient (Wildman–Crippen LogP) is 3.13. The van der Waals surface area contributed by atoms with Gasteiger partial charge in [0.1, 0.15) is 5.75 Å². The quantitative estimate of drug-likeness (QED) is 0.835. The van der Waals surface area contributed by atoms with Gasteiger partial charge in [-0.15, -0.1) is 0 Å². The van der Waals surface area contributed by atoms with E-state index in [1.54, 1.807) is 12.0 Å². The molecule has 0 aliphatic carbocycles. The average Bonchev–Trinajstić information content (AvgIpc) is 3.03. The van der Waals surface area contributed by atoms with Crippen LogP contribution in [0.5, 0.6) is 5.75 Å². The molecule has 1 atom stereocenters. The smallest absolute Gasteiger partial charge is 0.227 e. The Balaban J connectivity index is 1.59. The molecule has 3 rings (SSSR count). The third-order valence-electron chi connectivity index (χ3n) is 4.26. The lowest BCUT2D eigenvalue weighted by Crippen LogP contribution is -2.32. The average molecular weight is 403 g/mol. The van der Waals surface area contributed by atoms with Gasteiger partial charge in [-0.2, -0.15) is 0 Å². The molecule has 1 saturated heterocycles.